The van der Waals surface area contributed by atoms with E-state index in [1.807, 2.05) is 72.8 Å². The summed E-state index contributed by atoms with van der Waals surface area (Å²) in [4.78, 5) is 12.7. The minimum atomic E-state index is 0.928. The molecule has 3 heterocycles. The smallest absolute Gasteiger partial charge is 0.146 e. The molecule has 6 heteroatoms. The Morgan fingerprint density at radius 1 is 0.455 bits per heavy atom. The highest BCUT2D eigenvalue weighted by molar-refractivity contribution is 9.13. The Labute approximate surface area is 271 Å². The van der Waals surface area contributed by atoms with E-state index < -0.39 is 0 Å². The van der Waals surface area contributed by atoms with Gasteiger partial charge in [-0.1, -0.05) is 109 Å². The Bertz CT molecular complexity index is 2320. The second kappa shape index (κ2) is 12.4. The van der Waals surface area contributed by atoms with Crippen molar-refractivity contribution < 1.29 is 0 Å². The zero-order valence-electron chi connectivity index (χ0n) is 23.5. The average Bonchev–Trinajstić information content (AvgIpc) is 3.70. The molecular formula is C38H26Br2N4. The van der Waals surface area contributed by atoms with Gasteiger partial charge in [-0.2, -0.15) is 0 Å². The number of H-pyrrole nitrogens is 1. The number of hydrogen-bond donors (Lipinski definition) is 1. The number of nitrogens with zero attached hydrogens (tertiary/aromatic N) is 3. The van der Waals surface area contributed by atoms with E-state index in [0.29, 0.717) is 0 Å². The lowest BCUT2D eigenvalue weighted by atomic mass is 10.1. The van der Waals surface area contributed by atoms with E-state index >= 15 is 0 Å². The van der Waals surface area contributed by atoms with Gasteiger partial charge in [0.25, 0.3) is 0 Å². The highest BCUT2D eigenvalue weighted by Crippen LogP contribution is 2.31. The summed E-state index contributed by atoms with van der Waals surface area (Å²) < 4.78 is 4.47. The lowest BCUT2D eigenvalue weighted by Gasteiger charge is -2.08. The van der Waals surface area contributed by atoms with E-state index in [-0.39, 0.29) is 0 Å². The molecule has 3 aromatic heterocycles. The molecule has 6 aromatic carbocycles. The first-order valence-electron chi connectivity index (χ1n) is 14.2. The maximum absolute atomic E-state index is 4.86. The zero-order valence-corrected chi connectivity index (χ0v) is 26.7. The van der Waals surface area contributed by atoms with Crippen LogP contribution in [-0.4, -0.2) is 19.4 Å². The first-order valence-corrected chi connectivity index (χ1v) is 15.8. The molecule has 0 unspecified atom stereocenters. The molecule has 0 saturated carbocycles. The van der Waals surface area contributed by atoms with Crippen LogP contribution >= 0.6 is 31.9 Å². The summed E-state index contributed by atoms with van der Waals surface area (Å²) >= 11 is 6.70. The van der Waals surface area contributed by atoms with Crippen LogP contribution in [0.4, 0.5) is 0 Å². The third-order valence-electron chi connectivity index (χ3n) is 7.42. The lowest BCUT2D eigenvalue weighted by Crippen LogP contribution is -1.90. The van der Waals surface area contributed by atoms with Crippen LogP contribution in [0.15, 0.2) is 161 Å². The molecule has 0 radical (unpaired) electrons. The summed E-state index contributed by atoms with van der Waals surface area (Å²) in [6, 6.07) is 51.5. The predicted octanol–water partition coefficient (Wildman–Crippen LogP) is 11.2. The highest BCUT2D eigenvalue weighted by Gasteiger charge is 2.12. The molecule has 4 nitrogen and oxygen atoms in total. The molecule has 1 N–H and O–H groups in total. The van der Waals surface area contributed by atoms with Gasteiger partial charge in [0, 0.05) is 25.3 Å². The van der Waals surface area contributed by atoms with Crippen LogP contribution in [0.25, 0.3) is 60.8 Å². The first-order chi connectivity index (χ1) is 21.7. The molecule has 0 bridgehead atoms. The van der Waals surface area contributed by atoms with Crippen molar-refractivity contribution in [2.45, 2.75) is 0 Å². The van der Waals surface area contributed by atoms with Gasteiger partial charge in [0.2, 0.25) is 0 Å². The molecule has 9 aromatic rings. The highest BCUT2D eigenvalue weighted by atomic mass is 79.9. The summed E-state index contributed by atoms with van der Waals surface area (Å²) in [5, 5.41) is 3.73. The molecule has 0 amide bonds. The van der Waals surface area contributed by atoms with Gasteiger partial charge in [-0.15, -0.1) is 0 Å². The molecular weight excluding hydrogens is 672 g/mol. The number of hydrogen-bond acceptors (Lipinski definition) is 2. The number of fused-ring (bicyclic) bond motifs is 9. The monoisotopic (exact) mass is 696 g/mol. The van der Waals surface area contributed by atoms with Crippen LogP contribution < -0.4 is 0 Å². The van der Waals surface area contributed by atoms with E-state index in [2.05, 4.69) is 125 Å². The molecule has 0 atom stereocenters. The predicted molar refractivity (Wildman–Crippen MR) is 191 cm³/mol. The molecule has 0 spiro atoms. The standard InChI is InChI=1S/C19H12N2.C13H10N2.C6H4Br2/c1-2-9-15-13(7-1)14-8-3-5-11-17(14)21-18-12-6-4-10-16(18)20-19(15)21;1-2-6-10(7-3-1)13-14-11-8-4-5-9-12(11)15-13;7-5-3-1-2-4-6(5)8/h1-12H;1-9H,(H,14,15);1-4H. The first kappa shape index (κ1) is 28.0. The fourth-order valence-corrected chi connectivity index (χ4v) is 5.95. The van der Waals surface area contributed by atoms with Crippen molar-refractivity contribution in [3.05, 3.63) is 161 Å². The number of benzene rings is 6. The van der Waals surface area contributed by atoms with Crippen molar-refractivity contribution in [2.24, 2.45) is 0 Å². The molecule has 212 valence electrons. The summed E-state index contributed by atoms with van der Waals surface area (Å²) in [6.07, 6.45) is 0. The third-order valence-corrected chi connectivity index (χ3v) is 9.34. The van der Waals surface area contributed by atoms with Crippen LogP contribution in [0.3, 0.4) is 0 Å². The summed E-state index contributed by atoms with van der Waals surface area (Å²) in [6.45, 7) is 0. The zero-order chi connectivity index (χ0) is 29.9. The van der Waals surface area contributed by atoms with Crippen LogP contribution in [0.1, 0.15) is 0 Å². The van der Waals surface area contributed by atoms with Crippen molar-refractivity contribution in [1.29, 1.82) is 0 Å². The van der Waals surface area contributed by atoms with Gasteiger partial charge in [0.05, 0.1) is 27.6 Å². The van der Waals surface area contributed by atoms with Crippen LogP contribution in [0.2, 0.25) is 0 Å². The average molecular weight is 698 g/mol. The normalized spacial score (nSPS) is 11.0. The molecule has 0 aliphatic rings. The van der Waals surface area contributed by atoms with Crippen LogP contribution in [0.5, 0.6) is 0 Å². The van der Waals surface area contributed by atoms with E-state index in [0.717, 1.165) is 48.0 Å². The Hall–Kier alpha value is -4.78. The Morgan fingerprint density at radius 2 is 1.00 bits per heavy atom. The molecule has 0 aliphatic heterocycles. The number of rotatable bonds is 1. The summed E-state index contributed by atoms with van der Waals surface area (Å²) in [5.74, 6) is 0.928. The number of pyridine rings is 1. The van der Waals surface area contributed by atoms with Crippen molar-refractivity contribution in [3.8, 4) is 11.4 Å². The van der Waals surface area contributed by atoms with Gasteiger partial charge in [-0.3, -0.25) is 4.40 Å². The van der Waals surface area contributed by atoms with Crippen molar-refractivity contribution >= 4 is 81.2 Å². The van der Waals surface area contributed by atoms with Gasteiger partial charge >= 0.3 is 0 Å². The van der Waals surface area contributed by atoms with Gasteiger partial charge in [-0.05, 0) is 79.7 Å². The van der Waals surface area contributed by atoms with Crippen LogP contribution in [-0.2, 0) is 0 Å². The number of para-hydroxylation sites is 5. The Balaban J connectivity index is 0.000000118. The fraction of sp³-hybridized carbons (Fsp3) is 0. The molecule has 0 aliphatic carbocycles. The minimum absolute atomic E-state index is 0.928. The lowest BCUT2D eigenvalue weighted by molar-refractivity contribution is 1.31. The van der Waals surface area contributed by atoms with Gasteiger partial charge in [-0.25, -0.2) is 9.97 Å². The maximum atomic E-state index is 4.86. The Morgan fingerprint density at radius 3 is 1.70 bits per heavy atom. The molecule has 9 rings (SSSR count). The van der Waals surface area contributed by atoms with E-state index in [9.17, 15) is 0 Å². The van der Waals surface area contributed by atoms with Gasteiger partial charge in [0.1, 0.15) is 11.5 Å². The number of halogens is 2. The Kier molecular flexibility index (Phi) is 7.93. The largest absolute Gasteiger partial charge is 0.338 e. The second-order valence-electron chi connectivity index (χ2n) is 10.2. The molecule has 44 heavy (non-hydrogen) atoms. The van der Waals surface area contributed by atoms with Gasteiger partial charge < -0.3 is 4.98 Å². The minimum Gasteiger partial charge on any atom is -0.338 e. The topological polar surface area (TPSA) is 46.0 Å². The SMILES string of the molecule is Brc1ccccc1Br.c1ccc(-c2nc3ccccc3[nH]2)cc1.c1ccc2c(c1)nc1c3ccccc3c3ccccc3n21. The molecule has 0 saturated heterocycles. The fourth-order valence-electron chi connectivity index (χ4n) is 5.38. The quantitative estimate of drug-likeness (QED) is 0.174. The molecule has 0 fully saturated rings. The third kappa shape index (κ3) is 5.50. The summed E-state index contributed by atoms with van der Waals surface area (Å²) in [7, 11) is 0. The van der Waals surface area contributed by atoms with Crippen molar-refractivity contribution in [3.63, 3.8) is 0 Å². The number of aromatic amines is 1. The number of nitrogens with one attached hydrogen (secondary N) is 1. The van der Waals surface area contributed by atoms with Gasteiger partial charge in [0.15, 0.2) is 0 Å². The van der Waals surface area contributed by atoms with E-state index in [4.69, 9.17) is 4.98 Å². The summed E-state index contributed by atoms with van der Waals surface area (Å²) in [5.41, 5.74) is 7.65. The number of imidazole rings is 2. The second-order valence-corrected chi connectivity index (χ2v) is 11.9. The van der Waals surface area contributed by atoms with E-state index in [1.165, 1.54) is 21.7 Å². The van der Waals surface area contributed by atoms with Crippen molar-refractivity contribution in [2.75, 3.05) is 0 Å². The van der Waals surface area contributed by atoms with Crippen molar-refractivity contribution in [1.82, 2.24) is 19.4 Å². The maximum Gasteiger partial charge on any atom is 0.146 e. The number of aromatic nitrogens is 4. The van der Waals surface area contributed by atoms with Crippen LogP contribution in [0, 0.1) is 0 Å². The van der Waals surface area contributed by atoms with E-state index in [1.54, 1.807) is 0 Å².